The van der Waals surface area contributed by atoms with E-state index in [9.17, 15) is 0 Å². The second-order valence-electron chi connectivity index (χ2n) is 8.64. The first-order chi connectivity index (χ1) is 13.5. The Morgan fingerprint density at radius 2 is 2.00 bits per heavy atom. The van der Waals surface area contributed by atoms with Crippen molar-refractivity contribution in [2.45, 2.75) is 38.6 Å². The normalized spacial score (nSPS) is 21.0. The fourth-order valence-electron chi connectivity index (χ4n) is 3.89. The molecular weight excluding hydrogens is 479 g/mol. The monoisotopic (exact) mass is 516 g/mol. The number of halogens is 1. The van der Waals surface area contributed by atoms with Gasteiger partial charge in [-0.2, -0.15) is 0 Å². The minimum Gasteiger partial charge on any atom is -0.492 e. The van der Waals surface area contributed by atoms with Gasteiger partial charge in [0.2, 0.25) is 0 Å². The molecule has 0 aromatic heterocycles. The van der Waals surface area contributed by atoms with Crippen molar-refractivity contribution in [1.29, 1.82) is 0 Å². The average Bonchev–Trinajstić information content (AvgIpc) is 3.18. The van der Waals surface area contributed by atoms with Crippen molar-refractivity contribution in [3.05, 3.63) is 29.8 Å². The van der Waals surface area contributed by atoms with Crippen LogP contribution in [0.5, 0.6) is 5.75 Å². The molecule has 0 saturated carbocycles. The van der Waals surface area contributed by atoms with Crippen LogP contribution in [0.3, 0.4) is 0 Å². The molecule has 1 aromatic rings. The smallest absolute Gasteiger partial charge is 0.193 e. The minimum atomic E-state index is 0. The quantitative estimate of drug-likeness (QED) is 0.282. The Balaban J connectivity index is 0.00000300. The van der Waals surface area contributed by atoms with E-state index in [2.05, 4.69) is 59.1 Å². The van der Waals surface area contributed by atoms with E-state index >= 15 is 0 Å². The number of nitrogens with zero attached hydrogens (tertiary/aromatic N) is 3. The summed E-state index contributed by atoms with van der Waals surface area (Å²) in [7, 11) is 1.86. The summed E-state index contributed by atoms with van der Waals surface area (Å²) in [5.74, 6) is 1.90. The van der Waals surface area contributed by atoms with Crippen molar-refractivity contribution in [2.24, 2.45) is 4.99 Å². The van der Waals surface area contributed by atoms with Crippen LogP contribution in [0, 0.1) is 0 Å². The highest BCUT2D eigenvalue weighted by Crippen LogP contribution is 2.25. The number of hydrogen-bond acceptors (Lipinski definition) is 4. The number of ether oxygens (including phenoxy) is 2. The van der Waals surface area contributed by atoms with E-state index in [1.54, 1.807) is 0 Å². The van der Waals surface area contributed by atoms with E-state index in [1.807, 2.05) is 13.1 Å². The van der Waals surface area contributed by atoms with Gasteiger partial charge in [-0.15, -0.1) is 24.0 Å². The molecule has 29 heavy (non-hydrogen) atoms. The third-order valence-electron chi connectivity index (χ3n) is 5.59. The molecule has 0 aliphatic carbocycles. The Morgan fingerprint density at radius 3 is 2.69 bits per heavy atom. The summed E-state index contributed by atoms with van der Waals surface area (Å²) in [6.45, 7) is 13.9. The standard InChI is InChI=1S/C22H36N4O2.HI/c1-22(2,3)18-6-5-7-20(16-18)28-13-9-24-21(23-4)26-10-8-19(17-26)25-11-14-27-15-12-25;/h5-7,16,19H,8-15,17H2,1-4H3,(H,23,24);1H. The number of rotatable bonds is 5. The molecule has 0 amide bonds. The molecule has 0 bridgehead atoms. The number of guanidine groups is 1. The van der Waals surface area contributed by atoms with E-state index in [0.717, 1.165) is 57.6 Å². The van der Waals surface area contributed by atoms with E-state index in [-0.39, 0.29) is 29.4 Å². The van der Waals surface area contributed by atoms with Gasteiger partial charge in [-0.25, -0.2) is 0 Å². The Hall–Kier alpha value is -1.06. The number of aliphatic imine (C=N–C) groups is 1. The number of nitrogens with one attached hydrogen (secondary N) is 1. The molecule has 1 unspecified atom stereocenters. The summed E-state index contributed by atoms with van der Waals surface area (Å²) >= 11 is 0. The number of morpholine rings is 1. The van der Waals surface area contributed by atoms with Gasteiger partial charge >= 0.3 is 0 Å². The zero-order valence-electron chi connectivity index (χ0n) is 18.3. The molecule has 2 fully saturated rings. The molecule has 0 radical (unpaired) electrons. The average molecular weight is 516 g/mol. The van der Waals surface area contributed by atoms with Gasteiger partial charge in [0.05, 0.1) is 19.8 Å². The van der Waals surface area contributed by atoms with Crippen LogP contribution in [-0.4, -0.2) is 81.4 Å². The lowest BCUT2D eigenvalue weighted by atomic mass is 9.87. The third-order valence-corrected chi connectivity index (χ3v) is 5.59. The molecule has 0 spiro atoms. The lowest BCUT2D eigenvalue weighted by Crippen LogP contribution is -2.47. The molecule has 1 atom stereocenters. The summed E-state index contributed by atoms with van der Waals surface area (Å²) in [5.41, 5.74) is 1.42. The van der Waals surface area contributed by atoms with Gasteiger partial charge in [0.1, 0.15) is 12.4 Å². The zero-order valence-corrected chi connectivity index (χ0v) is 20.6. The predicted molar refractivity (Wildman–Crippen MR) is 130 cm³/mol. The van der Waals surface area contributed by atoms with Crippen LogP contribution in [0.2, 0.25) is 0 Å². The van der Waals surface area contributed by atoms with Gasteiger partial charge in [-0.05, 0) is 29.5 Å². The first-order valence-electron chi connectivity index (χ1n) is 10.5. The summed E-state index contributed by atoms with van der Waals surface area (Å²) in [4.78, 5) is 9.39. The Kier molecular flexibility index (Phi) is 9.49. The van der Waals surface area contributed by atoms with Crippen molar-refractivity contribution >= 4 is 29.9 Å². The molecule has 7 heteroatoms. The second kappa shape index (κ2) is 11.4. The summed E-state index contributed by atoms with van der Waals surface area (Å²) in [6, 6.07) is 9.00. The van der Waals surface area contributed by atoms with Gasteiger partial charge in [0.15, 0.2) is 5.96 Å². The van der Waals surface area contributed by atoms with Crippen molar-refractivity contribution < 1.29 is 9.47 Å². The molecule has 164 valence electrons. The second-order valence-corrected chi connectivity index (χ2v) is 8.64. The number of hydrogen-bond donors (Lipinski definition) is 1. The fraction of sp³-hybridized carbons (Fsp3) is 0.682. The number of benzene rings is 1. The van der Waals surface area contributed by atoms with Gasteiger partial charge in [0.25, 0.3) is 0 Å². The fourth-order valence-corrected chi connectivity index (χ4v) is 3.89. The molecule has 2 heterocycles. The lowest BCUT2D eigenvalue weighted by molar-refractivity contribution is 0.0195. The highest BCUT2D eigenvalue weighted by molar-refractivity contribution is 14.0. The van der Waals surface area contributed by atoms with Gasteiger partial charge < -0.3 is 19.7 Å². The van der Waals surface area contributed by atoms with Crippen molar-refractivity contribution in [1.82, 2.24) is 15.1 Å². The molecule has 6 nitrogen and oxygen atoms in total. The van der Waals surface area contributed by atoms with Crippen LogP contribution in [0.25, 0.3) is 0 Å². The summed E-state index contributed by atoms with van der Waals surface area (Å²) < 4.78 is 11.4. The van der Waals surface area contributed by atoms with Gasteiger partial charge in [0, 0.05) is 39.3 Å². The molecular formula is C22H37IN4O2. The summed E-state index contributed by atoms with van der Waals surface area (Å²) in [6.07, 6.45) is 1.19. The van der Waals surface area contributed by atoms with Crippen LogP contribution < -0.4 is 10.1 Å². The minimum absolute atomic E-state index is 0. The van der Waals surface area contributed by atoms with Crippen LogP contribution in [0.15, 0.2) is 29.3 Å². The van der Waals surface area contributed by atoms with Crippen molar-refractivity contribution in [2.75, 3.05) is 59.6 Å². The van der Waals surface area contributed by atoms with Crippen LogP contribution in [-0.2, 0) is 10.2 Å². The van der Waals surface area contributed by atoms with Crippen LogP contribution in [0.1, 0.15) is 32.8 Å². The van der Waals surface area contributed by atoms with E-state index in [4.69, 9.17) is 9.47 Å². The zero-order chi connectivity index (χ0) is 20.0. The lowest BCUT2D eigenvalue weighted by Gasteiger charge is -2.32. The third kappa shape index (κ3) is 7.00. The molecule has 1 N–H and O–H groups in total. The van der Waals surface area contributed by atoms with Crippen molar-refractivity contribution in [3.8, 4) is 5.75 Å². The Morgan fingerprint density at radius 1 is 1.24 bits per heavy atom. The maximum absolute atomic E-state index is 5.96. The Labute approximate surface area is 193 Å². The first kappa shape index (κ1) is 24.2. The first-order valence-corrected chi connectivity index (χ1v) is 10.5. The molecule has 3 rings (SSSR count). The molecule has 2 aliphatic heterocycles. The van der Waals surface area contributed by atoms with Gasteiger partial charge in [-0.1, -0.05) is 32.9 Å². The molecule has 1 aromatic carbocycles. The maximum atomic E-state index is 5.96. The van der Waals surface area contributed by atoms with E-state index in [0.29, 0.717) is 12.6 Å². The Bertz CT molecular complexity index is 656. The van der Waals surface area contributed by atoms with Crippen LogP contribution >= 0.6 is 24.0 Å². The molecule has 2 saturated heterocycles. The maximum Gasteiger partial charge on any atom is 0.193 e. The molecule has 2 aliphatic rings. The van der Waals surface area contributed by atoms with Crippen molar-refractivity contribution in [3.63, 3.8) is 0 Å². The van der Waals surface area contributed by atoms with E-state index in [1.165, 1.54) is 12.0 Å². The SMILES string of the molecule is CN=C(NCCOc1cccc(C(C)(C)C)c1)N1CCC(N2CCOCC2)C1.I. The highest BCUT2D eigenvalue weighted by atomic mass is 127. The van der Waals surface area contributed by atoms with Gasteiger partial charge in [-0.3, -0.25) is 9.89 Å². The van der Waals surface area contributed by atoms with E-state index < -0.39 is 0 Å². The summed E-state index contributed by atoms with van der Waals surface area (Å²) in [5, 5.41) is 3.46. The van der Waals surface area contributed by atoms with Crippen LogP contribution in [0.4, 0.5) is 0 Å². The number of likely N-dealkylation sites (tertiary alicyclic amines) is 1. The largest absolute Gasteiger partial charge is 0.492 e. The topological polar surface area (TPSA) is 49.3 Å². The predicted octanol–water partition coefficient (Wildman–Crippen LogP) is 2.96. The highest BCUT2D eigenvalue weighted by Gasteiger charge is 2.30.